The number of aromatic nitrogens is 1. The Labute approximate surface area is 163 Å². The van der Waals surface area contributed by atoms with Crippen LogP contribution in [0, 0.1) is 0 Å². The minimum atomic E-state index is -0.237. The maximum atomic E-state index is 12.6. The van der Waals surface area contributed by atoms with Crippen LogP contribution in [0.25, 0.3) is 11.3 Å². The normalized spacial score (nSPS) is 12.8. The second-order valence-corrected chi connectivity index (χ2v) is 6.33. The van der Waals surface area contributed by atoms with Crippen LogP contribution in [0.5, 0.6) is 17.2 Å². The first kappa shape index (κ1) is 17.9. The Balaban J connectivity index is 1.48. The molecule has 0 saturated heterocycles. The largest absolute Gasteiger partial charge is 0.497 e. The Morgan fingerprint density at radius 2 is 1.89 bits per heavy atom. The summed E-state index contributed by atoms with van der Waals surface area (Å²) in [5.74, 6) is 1.86. The number of fused-ring (bicyclic) bond motifs is 1. The van der Waals surface area contributed by atoms with Crippen molar-refractivity contribution in [2.45, 2.75) is 6.42 Å². The van der Waals surface area contributed by atoms with Gasteiger partial charge in [-0.3, -0.25) is 9.78 Å². The molecule has 2 heterocycles. The van der Waals surface area contributed by atoms with E-state index in [0.29, 0.717) is 36.0 Å². The molecule has 142 valence electrons. The SMILES string of the molecule is COc1cccc(-c2ccc(C(=O)Nc3ccc4c(c3)OCCCO4)cn2)c1. The molecule has 0 unspecified atom stereocenters. The number of carbonyl (C=O) groups excluding carboxylic acids is 1. The van der Waals surface area contributed by atoms with Crippen LogP contribution in [0.15, 0.2) is 60.8 Å². The highest BCUT2D eigenvalue weighted by Crippen LogP contribution is 2.32. The Morgan fingerprint density at radius 3 is 2.68 bits per heavy atom. The summed E-state index contributed by atoms with van der Waals surface area (Å²) < 4.78 is 16.5. The van der Waals surface area contributed by atoms with Crippen LogP contribution in [-0.2, 0) is 0 Å². The molecule has 1 aromatic heterocycles. The lowest BCUT2D eigenvalue weighted by Gasteiger charge is -2.10. The van der Waals surface area contributed by atoms with E-state index in [-0.39, 0.29) is 5.91 Å². The molecule has 1 aliphatic rings. The van der Waals surface area contributed by atoms with Crippen molar-refractivity contribution in [3.63, 3.8) is 0 Å². The summed E-state index contributed by atoms with van der Waals surface area (Å²) in [4.78, 5) is 17.0. The second kappa shape index (κ2) is 8.00. The van der Waals surface area contributed by atoms with E-state index in [0.717, 1.165) is 23.4 Å². The number of amides is 1. The van der Waals surface area contributed by atoms with Crippen molar-refractivity contribution in [3.05, 3.63) is 66.4 Å². The molecule has 0 atom stereocenters. The molecule has 0 aliphatic carbocycles. The number of benzene rings is 2. The van der Waals surface area contributed by atoms with Gasteiger partial charge in [0, 0.05) is 29.9 Å². The number of nitrogens with zero attached hydrogens (tertiary/aromatic N) is 1. The van der Waals surface area contributed by atoms with Crippen molar-refractivity contribution in [3.8, 4) is 28.5 Å². The molecule has 4 rings (SSSR count). The predicted molar refractivity (Wildman–Crippen MR) is 106 cm³/mol. The summed E-state index contributed by atoms with van der Waals surface area (Å²) in [6, 6.07) is 16.6. The van der Waals surface area contributed by atoms with Gasteiger partial charge in [-0.25, -0.2) is 0 Å². The van der Waals surface area contributed by atoms with Gasteiger partial charge in [-0.15, -0.1) is 0 Å². The lowest BCUT2D eigenvalue weighted by Crippen LogP contribution is -2.12. The van der Waals surface area contributed by atoms with Gasteiger partial charge in [0.2, 0.25) is 0 Å². The molecule has 0 saturated carbocycles. The average molecular weight is 376 g/mol. The van der Waals surface area contributed by atoms with Gasteiger partial charge in [-0.05, 0) is 36.4 Å². The van der Waals surface area contributed by atoms with Crippen molar-refractivity contribution < 1.29 is 19.0 Å². The van der Waals surface area contributed by atoms with E-state index in [9.17, 15) is 4.79 Å². The van der Waals surface area contributed by atoms with E-state index in [1.165, 1.54) is 0 Å². The van der Waals surface area contributed by atoms with E-state index >= 15 is 0 Å². The number of hydrogen-bond acceptors (Lipinski definition) is 5. The molecule has 28 heavy (non-hydrogen) atoms. The molecule has 1 aliphatic heterocycles. The Morgan fingerprint density at radius 1 is 1.04 bits per heavy atom. The van der Waals surface area contributed by atoms with Crippen LogP contribution in [0.1, 0.15) is 16.8 Å². The number of hydrogen-bond donors (Lipinski definition) is 1. The van der Waals surface area contributed by atoms with E-state index in [2.05, 4.69) is 10.3 Å². The number of ether oxygens (including phenoxy) is 3. The third kappa shape index (κ3) is 3.91. The van der Waals surface area contributed by atoms with E-state index in [1.807, 2.05) is 30.3 Å². The molecule has 0 radical (unpaired) electrons. The monoisotopic (exact) mass is 376 g/mol. The van der Waals surface area contributed by atoms with Crippen LogP contribution < -0.4 is 19.5 Å². The summed E-state index contributed by atoms with van der Waals surface area (Å²) in [5, 5.41) is 2.87. The molecule has 3 aromatic rings. The summed E-state index contributed by atoms with van der Waals surface area (Å²) in [6.07, 6.45) is 2.40. The molecule has 6 heteroatoms. The fraction of sp³-hybridized carbons (Fsp3) is 0.182. The molecule has 0 bridgehead atoms. The third-order valence-corrected chi connectivity index (χ3v) is 4.40. The zero-order chi connectivity index (χ0) is 19.3. The molecule has 1 N–H and O–H groups in total. The number of methoxy groups -OCH3 is 1. The molecule has 0 fully saturated rings. The minimum absolute atomic E-state index is 0.237. The van der Waals surface area contributed by atoms with Crippen molar-refractivity contribution in [2.24, 2.45) is 0 Å². The number of carbonyl (C=O) groups is 1. The third-order valence-electron chi connectivity index (χ3n) is 4.40. The van der Waals surface area contributed by atoms with Crippen molar-refractivity contribution >= 4 is 11.6 Å². The topological polar surface area (TPSA) is 69.7 Å². The maximum absolute atomic E-state index is 12.6. The summed E-state index contributed by atoms with van der Waals surface area (Å²) >= 11 is 0. The summed E-state index contributed by atoms with van der Waals surface area (Å²) in [5.41, 5.74) is 2.81. The van der Waals surface area contributed by atoms with Crippen molar-refractivity contribution in [1.29, 1.82) is 0 Å². The fourth-order valence-electron chi connectivity index (χ4n) is 2.93. The lowest BCUT2D eigenvalue weighted by atomic mass is 10.1. The van der Waals surface area contributed by atoms with E-state index in [1.54, 1.807) is 37.6 Å². The quantitative estimate of drug-likeness (QED) is 0.740. The van der Waals surface area contributed by atoms with E-state index in [4.69, 9.17) is 14.2 Å². The van der Waals surface area contributed by atoms with Gasteiger partial charge in [-0.1, -0.05) is 12.1 Å². The zero-order valence-electron chi connectivity index (χ0n) is 15.5. The van der Waals surface area contributed by atoms with Crippen molar-refractivity contribution in [1.82, 2.24) is 4.98 Å². The number of pyridine rings is 1. The number of anilines is 1. The first-order chi connectivity index (χ1) is 13.7. The Hall–Kier alpha value is -3.54. The van der Waals surface area contributed by atoms with Gasteiger partial charge in [0.25, 0.3) is 5.91 Å². The fourth-order valence-corrected chi connectivity index (χ4v) is 2.93. The first-order valence-electron chi connectivity index (χ1n) is 9.04. The second-order valence-electron chi connectivity index (χ2n) is 6.33. The van der Waals surface area contributed by atoms with Gasteiger partial charge in [0.15, 0.2) is 11.5 Å². The minimum Gasteiger partial charge on any atom is -0.497 e. The Bertz CT molecular complexity index is 986. The summed E-state index contributed by atoms with van der Waals surface area (Å²) in [7, 11) is 1.62. The van der Waals surface area contributed by atoms with Crippen molar-refractivity contribution in [2.75, 3.05) is 25.6 Å². The van der Waals surface area contributed by atoms with Crippen LogP contribution in [0.4, 0.5) is 5.69 Å². The highest BCUT2D eigenvalue weighted by molar-refractivity contribution is 6.04. The van der Waals surface area contributed by atoms with Gasteiger partial charge in [-0.2, -0.15) is 0 Å². The van der Waals surface area contributed by atoms with Gasteiger partial charge in [0.05, 0.1) is 31.6 Å². The van der Waals surface area contributed by atoms with Gasteiger partial charge < -0.3 is 19.5 Å². The van der Waals surface area contributed by atoms with E-state index < -0.39 is 0 Å². The highest BCUT2D eigenvalue weighted by Gasteiger charge is 2.13. The Kier molecular flexibility index (Phi) is 5.10. The number of nitrogens with one attached hydrogen (secondary N) is 1. The molecular weight excluding hydrogens is 356 g/mol. The standard InChI is InChI=1S/C22H20N2O4/c1-26-18-5-2-4-15(12-18)19-8-6-16(14-23-19)22(25)24-17-7-9-20-21(13-17)28-11-3-10-27-20/h2,4-9,12-14H,3,10-11H2,1H3,(H,24,25). The van der Waals surface area contributed by atoms with Crippen LogP contribution >= 0.6 is 0 Å². The van der Waals surface area contributed by atoms with Gasteiger partial charge in [0.1, 0.15) is 5.75 Å². The average Bonchev–Trinajstić information content (AvgIpc) is 2.99. The summed E-state index contributed by atoms with van der Waals surface area (Å²) in [6.45, 7) is 1.23. The zero-order valence-corrected chi connectivity index (χ0v) is 15.5. The molecule has 0 spiro atoms. The highest BCUT2D eigenvalue weighted by atomic mass is 16.5. The molecule has 1 amide bonds. The number of rotatable bonds is 4. The molecule has 2 aromatic carbocycles. The maximum Gasteiger partial charge on any atom is 0.257 e. The van der Waals surface area contributed by atoms with Crippen LogP contribution in [0.2, 0.25) is 0 Å². The predicted octanol–water partition coefficient (Wildman–Crippen LogP) is 4.17. The van der Waals surface area contributed by atoms with Crippen LogP contribution in [-0.4, -0.2) is 31.2 Å². The van der Waals surface area contributed by atoms with Crippen LogP contribution in [0.3, 0.4) is 0 Å². The smallest absolute Gasteiger partial charge is 0.257 e. The molecular formula is C22H20N2O4. The molecule has 6 nitrogen and oxygen atoms in total. The first-order valence-corrected chi connectivity index (χ1v) is 9.04. The lowest BCUT2D eigenvalue weighted by molar-refractivity contribution is 0.102. The van der Waals surface area contributed by atoms with Gasteiger partial charge >= 0.3 is 0 Å².